The lowest BCUT2D eigenvalue weighted by Gasteiger charge is -2.22. The number of rotatable bonds is 4. The number of para-hydroxylation sites is 1. The fourth-order valence-corrected chi connectivity index (χ4v) is 2.81. The average Bonchev–Trinajstić information content (AvgIpc) is 2.84. The van der Waals surface area contributed by atoms with Crippen molar-refractivity contribution < 1.29 is 4.74 Å². The standard InChI is InChI=1S/C17H23N3O/c1-13-5-3-4-6-16(13)21-17-11-19-20(14(17)2)12-15-7-9-18-10-8-15/h3-6,11,15,18H,7-10,12H2,1-2H3. The Morgan fingerprint density at radius 2 is 1.95 bits per heavy atom. The molecule has 0 atom stereocenters. The van der Waals surface area contributed by atoms with Gasteiger partial charge in [-0.05, 0) is 57.3 Å². The lowest BCUT2D eigenvalue weighted by Crippen LogP contribution is -2.30. The van der Waals surface area contributed by atoms with Crippen molar-refractivity contribution in [1.29, 1.82) is 0 Å². The molecule has 1 aromatic heterocycles. The van der Waals surface area contributed by atoms with Gasteiger partial charge in [-0.3, -0.25) is 4.68 Å². The molecule has 0 amide bonds. The molecule has 1 aliphatic heterocycles. The smallest absolute Gasteiger partial charge is 0.168 e. The molecule has 1 fully saturated rings. The number of hydrogen-bond donors (Lipinski definition) is 1. The van der Waals surface area contributed by atoms with Crippen LogP contribution in [0.4, 0.5) is 0 Å². The van der Waals surface area contributed by atoms with E-state index in [0.717, 1.165) is 48.3 Å². The quantitative estimate of drug-likeness (QED) is 0.937. The van der Waals surface area contributed by atoms with Crippen LogP contribution in [0.2, 0.25) is 0 Å². The first-order valence-electron chi connectivity index (χ1n) is 7.70. The molecule has 0 unspecified atom stereocenters. The van der Waals surface area contributed by atoms with Crippen LogP contribution >= 0.6 is 0 Å². The third-order valence-corrected chi connectivity index (χ3v) is 4.26. The number of hydrogen-bond acceptors (Lipinski definition) is 3. The van der Waals surface area contributed by atoms with E-state index in [1.54, 1.807) is 0 Å². The van der Waals surface area contributed by atoms with E-state index >= 15 is 0 Å². The second kappa shape index (κ2) is 6.31. The minimum Gasteiger partial charge on any atom is -0.454 e. The maximum atomic E-state index is 6.01. The van der Waals surface area contributed by atoms with Crippen LogP contribution in [0, 0.1) is 19.8 Å². The summed E-state index contributed by atoms with van der Waals surface area (Å²) < 4.78 is 8.10. The van der Waals surface area contributed by atoms with E-state index in [4.69, 9.17) is 4.74 Å². The third kappa shape index (κ3) is 3.27. The number of ether oxygens (including phenoxy) is 1. The van der Waals surface area contributed by atoms with Crippen LogP contribution in [0.3, 0.4) is 0 Å². The lowest BCUT2D eigenvalue weighted by atomic mass is 9.98. The maximum Gasteiger partial charge on any atom is 0.168 e. The maximum absolute atomic E-state index is 6.01. The Balaban J connectivity index is 1.71. The number of aromatic nitrogens is 2. The van der Waals surface area contributed by atoms with E-state index in [9.17, 15) is 0 Å². The van der Waals surface area contributed by atoms with Gasteiger partial charge in [0.2, 0.25) is 0 Å². The van der Waals surface area contributed by atoms with E-state index in [1.165, 1.54) is 12.8 Å². The molecule has 3 rings (SSSR count). The predicted octanol–water partition coefficient (Wildman–Crippen LogP) is 3.29. The highest BCUT2D eigenvalue weighted by Crippen LogP contribution is 2.28. The Morgan fingerprint density at radius 1 is 1.19 bits per heavy atom. The summed E-state index contributed by atoms with van der Waals surface area (Å²) in [5.41, 5.74) is 2.25. The molecule has 1 aromatic carbocycles. The summed E-state index contributed by atoms with van der Waals surface area (Å²) in [6.45, 7) is 7.38. The van der Waals surface area contributed by atoms with Gasteiger partial charge in [0, 0.05) is 6.54 Å². The third-order valence-electron chi connectivity index (χ3n) is 4.26. The first kappa shape index (κ1) is 14.1. The lowest BCUT2D eigenvalue weighted by molar-refractivity contribution is 0.318. The van der Waals surface area contributed by atoms with E-state index in [-0.39, 0.29) is 0 Å². The molecule has 4 nitrogen and oxygen atoms in total. The first-order chi connectivity index (χ1) is 10.2. The second-order valence-corrected chi connectivity index (χ2v) is 5.84. The number of nitrogens with one attached hydrogen (secondary N) is 1. The zero-order valence-corrected chi connectivity index (χ0v) is 12.8. The molecule has 0 radical (unpaired) electrons. The van der Waals surface area contributed by atoms with Gasteiger partial charge in [0.25, 0.3) is 0 Å². The fourth-order valence-electron chi connectivity index (χ4n) is 2.81. The zero-order valence-electron chi connectivity index (χ0n) is 12.8. The van der Waals surface area contributed by atoms with Crippen molar-refractivity contribution in [2.75, 3.05) is 13.1 Å². The molecule has 0 bridgehead atoms. The van der Waals surface area contributed by atoms with Crippen LogP contribution in [-0.2, 0) is 6.54 Å². The van der Waals surface area contributed by atoms with Gasteiger partial charge in [0.1, 0.15) is 5.75 Å². The minimum absolute atomic E-state index is 0.719. The van der Waals surface area contributed by atoms with Crippen molar-refractivity contribution >= 4 is 0 Å². The molecule has 0 saturated carbocycles. The predicted molar refractivity (Wildman–Crippen MR) is 83.8 cm³/mol. The molecule has 0 spiro atoms. The van der Waals surface area contributed by atoms with Crippen LogP contribution in [0.25, 0.3) is 0 Å². The van der Waals surface area contributed by atoms with Gasteiger partial charge in [-0.1, -0.05) is 18.2 Å². The number of aryl methyl sites for hydroxylation is 1. The molecular weight excluding hydrogens is 262 g/mol. The van der Waals surface area contributed by atoms with Crippen molar-refractivity contribution in [3.63, 3.8) is 0 Å². The molecule has 112 valence electrons. The molecule has 2 aromatic rings. The van der Waals surface area contributed by atoms with Crippen molar-refractivity contribution in [2.45, 2.75) is 33.2 Å². The van der Waals surface area contributed by atoms with Crippen LogP contribution in [0.1, 0.15) is 24.1 Å². The van der Waals surface area contributed by atoms with Gasteiger partial charge in [0.15, 0.2) is 5.75 Å². The van der Waals surface area contributed by atoms with E-state index in [1.807, 2.05) is 24.4 Å². The van der Waals surface area contributed by atoms with Crippen LogP contribution in [-0.4, -0.2) is 22.9 Å². The Hall–Kier alpha value is -1.81. The topological polar surface area (TPSA) is 39.1 Å². The largest absolute Gasteiger partial charge is 0.454 e. The minimum atomic E-state index is 0.719. The van der Waals surface area contributed by atoms with E-state index < -0.39 is 0 Å². The molecule has 1 saturated heterocycles. The zero-order chi connectivity index (χ0) is 14.7. The van der Waals surface area contributed by atoms with Crippen LogP contribution in [0.5, 0.6) is 11.5 Å². The Morgan fingerprint density at radius 3 is 2.71 bits per heavy atom. The van der Waals surface area contributed by atoms with E-state index in [2.05, 4.69) is 35.0 Å². The molecule has 4 heteroatoms. The fraction of sp³-hybridized carbons (Fsp3) is 0.471. The highest BCUT2D eigenvalue weighted by Gasteiger charge is 2.16. The Kier molecular flexibility index (Phi) is 4.25. The monoisotopic (exact) mass is 285 g/mol. The van der Waals surface area contributed by atoms with Crippen LogP contribution in [0.15, 0.2) is 30.5 Å². The highest BCUT2D eigenvalue weighted by atomic mass is 16.5. The van der Waals surface area contributed by atoms with E-state index in [0.29, 0.717) is 0 Å². The molecule has 0 aliphatic carbocycles. The first-order valence-corrected chi connectivity index (χ1v) is 7.70. The van der Waals surface area contributed by atoms with Crippen molar-refractivity contribution in [1.82, 2.24) is 15.1 Å². The average molecular weight is 285 g/mol. The van der Waals surface area contributed by atoms with Gasteiger partial charge in [-0.15, -0.1) is 0 Å². The number of nitrogens with zero attached hydrogens (tertiary/aromatic N) is 2. The second-order valence-electron chi connectivity index (χ2n) is 5.84. The normalized spacial score (nSPS) is 16.1. The summed E-state index contributed by atoms with van der Waals surface area (Å²) in [5.74, 6) is 2.48. The Labute approximate surface area is 126 Å². The summed E-state index contributed by atoms with van der Waals surface area (Å²) in [5, 5.41) is 7.91. The molecule has 2 heterocycles. The van der Waals surface area contributed by atoms with Crippen LogP contribution < -0.4 is 10.1 Å². The van der Waals surface area contributed by atoms with Gasteiger partial charge in [-0.2, -0.15) is 5.10 Å². The van der Waals surface area contributed by atoms with Gasteiger partial charge in [-0.25, -0.2) is 0 Å². The van der Waals surface area contributed by atoms with Crippen molar-refractivity contribution in [3.8, 4) is 11.5 Å². The Bertz CT molecular complexity index is 600. The molecule has 1 aliphatic rings. The summed E-state index contributed by atoms with van der Waals surface area (Å²) in [7, 11) is 0. The van der Waals surface area contributed by atoms with Gasteiger partial charge in [0.05, 0.1) is 11.9 Å². The summed E-state index contributed by atoms with van der Waals surface area (Å²) in [6.07, 6.45) is 4.30. The highest BCUT2D eigenvalue weighted by molar-refractivity contribution is 5.37. The van der Waals surface area contributed by atoms with Crippen molar-refractivity contribution in [3.05, 3.63) is 41.7 Å². The van der Waals surface area contributed by atoms with Gasteiger partial charge < -0.3 is 10.1 Å². The molecule has 1 N–H and O–H groups in total. The summed E-state index contributed by atoms with van der Waals surface area (Å²) in [6, 6.07) is 8.08. The van der Waals surface area contributed by atoms with Gasteiger partial charge >= 0.3 is 0 Å². The molecular formula is C17H23N3O. The SMILES string of the molecule is Cc1ccccc1Oc1cnn(CC2CCNCC2)c1C. The summed E-state index contributed by atoms with van der Waals surface area (Å²) in [4.78, 5) is 0. The van der Waals surface area contributed by atoms with Crippen molar-refractivity contribution in [2.24, 2.45) is 5.92 Å². The molecule has 21 heavy (non-hydrogen) atoms. The number of benzene rings is 1. The number of piperidine rings is 1. The summed E-state index contributed by atoms with van der Waals surface area (Å²) >= 11 is 0.